The second kappa shape index (κ2) is 2.73. The minimum atomic E-state index is -0.353. The molecule has 0 aromatic carbocycles. The Kier molecular flexibility index (Phi) is 1.95. The molecule has 9 heavy (non-hydrogen) atoms. The summed E-state index contributed by atoms with van der Waals surface area (Å²) in [6.45, 7) is 1.13. The average molecular weight is 128 g/mol. The van der Waals surface area contributed by atoms with Gasteiger partial charge in [-0.1, -0.05) is 0 Å². The van der Waals surface area contributed by atoms with Crippen molar-refractivity contribution in [2.45, 2.75) is 6.42 Å². The average Bonchev–Trinajstić information content (AvgIpc) is 2.37. The summed E-state index contributed by atoms with van der Waals surface area (Å²) in [5.74, 6) is -0.163. The summed E-state index contributed by atoms with van der Waals surface area (Å²) >= 11 is 0. The van der Waals surface area contributed by atoms with Gasteiger partial charge in [-0.15, -0.1) is 0 Å². The molecular weight excluding hydrogens is 118 g/mol. The highest BCUT2D eigenvalue weighted by Crippen LogP contribution is 2.05. The van der Waals surface area contributed by atoms with Crippen molar-refractivity contribution in [3.8, 4) is 0 Å². The van der Waals surface area contributed by atoms with Gasteiger partial charge in [0, 0.05) is 0 Å². The van der Waals surface area contributed by atoms with E-state index in [1.165, 1.54) is 0 Å². The third kappa shape index (κ3) is 1.36. The molecule has 0 aromatic rings. The zero-order chi connectivity index (χ0) is 6.69. The molecule has 3 heteroatoms. The largest absolute Gasteiger partial charge is 0.387 e. The first kappa shape index (κ1) is 6.42. The van der Waals surface area contributed by atoms with Crippen molar-refractivity contribution in [2.75, 3.05) is 19.7 Å². The van der Waals surface area contributed by atoms with Crippen molar-refractivity contribution in [2.24, 2.45) is 0 Å². The number of nitrogens with zero attached hydrogens (tertiary/aromatic N) is 1. The zero-order valence-electron chi connectivity index (χ0n) is 5.21. The van der Waals surface area contributed by atoms with E-state index in [2.05, 4.69) is 0 Å². The number of carbonyl (C=O) groups excluding carboxylic acids is 1. The monoisotopic (exact) mass is 128 g/mol. The molecular formula is C6H10NO2+. The molecule has 1 heterocycles. The zero-order valence-corrected chi connectivity index (χ0v) is 5.21. The highest BCUT2D eigenvalue weighted by atomic mass is 16.3. The van der Waals surface area contributed by atoms with Gasteiger partial charge >= 0.3 is 0 Å². The number of aliphatic hydroxyl groups is 1. The fourth-order valence-corrected chi connectivity index (χ4v) is 0.912. The lowest BCUT2D eigenvalue weighted by Gasteiger charge is -2.07. The van der Waals surface area contributed by atoms with E-state index < -0.39 is 0 Å². The number of aliphatic hydroxyl groups excluding tert-OH is 1. The molecule has 1 amide bonds. The Balaban J connectivity index is 2.32. The smallest absolute Gasteiger partial charge is 0.251 e. The molecule has 1 fully saturated rings. The van der Waals surface area contributed by atoms with Crippen molar-refractivity contribution in [3.05, 3.63) is 6.42 Å². The van der Waals surface area contributed by atoms with E-state index in [-0.39, 0.29) is 12.5 Å². The number of rotatable bonds is 1. The molecule has 0 saturated carbocycles. The first-order valence-electron chi connectivity index (χ1n) is 3.05. The van der Waals surface area contributed by atoms with Gasteiger partial charge in [-0.05, 0) is 0 Å². The number of likely N-dealkylation sites (tertiary alicyclic amines) is 1. The normalized spacial score (nSPS) is 17.7. The van der Waals surface area contributed by atoms with Crippen LogP contribution in [0.15, 0.2) is 0 Å². The molecule has 0 radical (unpaired) electrons. The first-order valence-corrected chi connectivity index (χ1v) is 3.05. The van der Waals surface area contributed by atoms with E-state index in [4.69, 9.17) is 5.11 Å². The quantitative estimate of drug-likeness (QED) is 0.480. The first-order chi connectivity index (χ1) is 4.34. The lowest BCUT2D eigenvalue weighted by Crippen LogP contribution is -2.29. The fourth-order valence-electron chi connectivity index (χ4n) is 0.912. The molecule has 0 aliphatic carbocycles. The molecule has 1 N–H and O–H groups in total. The van der Waals surface area contributed by atoms with Crippen molar-refractivity contribution in [3.63, 3.8) is 0 Å². The number of hydrogen-bond acceptors (Lipinski definition) is 2. The predicted octanol–water partition coefficient (Wildman–Crippen LogP) is -0.585. The maximum absolute atomic E-state index is 10.7. The third-order valence-electron chi connectivity index (χ3n) is 1.44. The van der Waals surface area contributed by atoms with Crippen LogP contribution in [0.3, 0.4) is 0 Å². The Bertz CT molecular complexity index is 108. The van der Waals surface area contributed by atoms with Gasteiger partial charge in [0.1, 0.15) is 13.0 Å². The van der Waals surface area contributed by atoms with Crippen LogP contribution in [0.25, 0.3) is 0 Å². The van der Waals surface area contributed by atoms with Crippen LogP contribution in [0, 0.1) is 6.42 Å². The van der Waals surface area contributed by atoms with Gasteiger partial charge in [-0.2, -0.15) is 0 Å². The molecule has 50 valence electrons. The molecule has 1 rings (SSSR count). The second-order valence-corrected chi connectivity index (χ2v) is 2.08. The van der Waals surface area contributed by atoms with E-state index >= 15 is 0 Å². The van der Waals surface area contributed by atoms with Crippen LogP contribution in [0.2, 0.25) is 0 Å². The number of carbonyl (C=O) groups is 1. The Labute approximate surface area is 54.3 Å². The summed E-state index contributed by atoms with van der Waals surface area (Å²) in [5.41, 5.74) is 0. The Hall–Kier alpha value is -0.700. The predicted molar refractivity (Wildman–Crippen MR) is 32.6 cm³/mol. The third-order valence-corrected chi connectivity index (χ3v) is 1.44. The standard InChI is InChI=1S/C6H10NO2/c8-5-6(9)7-3-1-2-4-7/h1,8H,2-5H2/q+1. The van der Waals surface area contributed by atoms with Gasteiger partial charge in [-0.3, -0.25) is 9.69 Å². The van der Waals surface area contributed by atoms with Gasteiger partial charge in [0.25, 0.3) is 5.91 Å². The van der Waals surface area contributed by atoms with E-state index in [0.717, 1.165) is 13.0 Å². The molecule has 1 aliphatic rings. The van der Waals surface area contributed by atoms with Crippen molar-refractivity contribution in [1.82, 2.24) is 4.90 Å². The van der Waals surface area contributed by atoms with Crippen LogP contribution in [0.5, 0.6) is 0 Å². The van der Waals surface area contributed by atoms with E-state index in [0.29, 0.717) is 6.54 Å². The van der Waals surface area contributed by atoms with Crippen LogP contribution < -0.4 is 0 Å². The number of hydrogen-bond donors (Lipinski definition) is 1. The van der Waals surface area contributed by atoms with Crippen LogP contribution in [0.4, 0.5) is 0 Å². The van der Waals surface area contributed by atoms with Gasteiger partial charge in [-0.25, -0.2) is 0 Å². The van der Waals surface area contributed by atoms with Crippen LogP contribution in [0.1, 0.15) is 6.42 Å². The molecule has 1 aliphatic heterocycles. The summed E-state index contributed by atoms with van der Waals surface area (Å²) in [4.78, 5) is 12.3. The van der Waals surface area contributed by atoms with Crippen molar-refractivity contribution >= 4 is 5.91 Å². The molecule has 0 atom stereocenters. The Morgan fingerprint density at radius 2 is 2.56 bits per heavy atom. The summed E-state index contributed by atoms with van der Waals surface area (Å²) in [6.07, 6.45) is 3.00. The minimum Gasteiger partial charge on any atom is -0.387 e. The van der Waals surface area contributed by atoms with Gasteiger partial charge in [0.15, 0.2) is 6.54 Å². The highest BCUT2D eigenvalue weighted by Gasteiger charge is 2.22. The molecule has 0 spiro atoms. The molecule has 1 saturated heterocycles. The SMILES string of the molecule is O=C(CO)N1C[CH+]CC1. The summed E-state index contributed by atoms with van der Waals surface area (Å²) < 4.78 is 0. The summed E-state index contributed by atoms with van der Waals surface area (Å²) in [5, 5.41) is 8.39. The maximum atomic E-state index is 10.7. The van der Waals surface area contributed by atoms with Crippen molar-refractivity contribution in [1.29, 1.82) is 0 Å². The Morgan fingerprint density at radius 3 is 3.00 bits per heavy atom. The van der Waals surface area contributed by atoms with Gasteiger partial charge in [0.2, 0.25) is 0 Å². The fraction of sp³-hybridized carbons (Fsp3) is 0.667. The van der Waals surface area contributed by atoms with E-state index in [1.54, 1.807) is 4.90 Å². The molecule has 0 bridgehead atoms. The van der Waals surface area contributed by atoms with E-state index in [9.17, 15) is 4.79 Å². The molecule has 0 aromatic heterocycles. The van der Waals surface area contributed by atoms with Crippen LogP contribution in [-0.2, 0) is 4.79 Å². The van der Waals surface area contributed by atoms with Gasteiger partial charge in [0.05, 0.1) is 13.0 Å². The van der Waals surface area contributed by atoms with Gasteiger partial charge < -0.3 is 5.11 Å². The molecule has 3 nitrogen and oxygen atoms in total. The molecule has 0 unspecified atom stereocenters. The van der Waals surface area contributed by atoms with Crippen LogP contribution in [-0.4, -0.2) is 35.6 Å². The Morgan fingerprint density at radius 1 is 1.78 bits per heavy atom. The lowest BCUT2D eigenvalue weighted by molar-refractivity contribution is -0.132. The van der Waals surface area contributed by atoms with Crippen molar-refractivity contribution < 1.29 is 9.90 Å². The second-order valence-electron chi connectivity index (χ2n) is 2.08. The van der Waals surface area contributed by atoms with E-state index in [1.807, 2.05) is 6.42 Å². The topological polar surface area (TPSA) is 40.5 Å². The number of amides is 1. The van der Waals surface area contributed by atoms with Crippen LogP contribution >= 0.6 is 0 Å². The summed E-state index contributed by atoms with van der Waals surface area (Å²) in [7, 11) is 0. The summed E-state index contributed by atoms with van der Waals surface area (Å²) in [6, 6.07) is 0. The maximum Gasteiger partial charge on any atom is 0.251 e. The minimum absolute atomic E-state index is 0.163. The lowest BCUT2D eigenvalue weighted by atomic mass is 10.4. The highest BCUT2D eigenvalue weighted by molar-refractivity contribution is 5.77.